The van der Waals surface area contributed by atoms with Gasteiger partial charge in [-0.2, -0.15) is 0 Å². The van der Waals surface area contributed by atoms with Crippen molar-refractivity contribution in [1.29, 1.82) is 0 Å². The normalized spacial score (nSPS) is 14.0. The van der Waals surface area contributed by atoms with Crippen molar-refractivity contribution in [2.45, 2.75) is 13.0 Å². The summed E-state index contributed by atoms with van der Waals surface area (Å²) in [6, 6.07) is 14.8. The van der Waals surface area contributed by atoms with Crippen LogP contribution in [-0.2, 0) is 13.0 Å². The van der Waals surface area contributed by atoms with E-state index < -0.39 is 5.81 Å². The van der Waals surface area contributed by atoms with E-state index in [0.717, 1.165) is 27.8 Å². The molecule has 1 amide bonds. The van der Waals surface area contributed by atoms with E-state index in [-0.39, 0.29) is 5.82 Å². The van der Waals surface area contributed by atoms with E-state index in [2.05, 4.69) is 4.57 Å². The highest BCUT2D eigenvalue weighted by Crippen LogP contribution is 2.33. The molecule has 2 aromatic carbocycles. The first-order chi connectivity index (χ1) is 11.1. The van der Waals surface area contributed by atoms with Crippen molar-refractivity contribution in [2.75, 3.05) is 6.54 Å². The number of benzene rings is 2. The molecule has 1 aromatic heterocycles. The molecular weight excluding hydrogens is 290 g/mol. The summed E-state index contributed by atoms with van der Waals surface area (Å²) in [6.45, 7) is 0.998. The van der Waals surface area contributed by atoms with E-state index in [9.17, 15) is 9.18 Å². The highest BCUT2D eigenvalue weighted by molar-refractivity contribution is 6.56. The van der Waals surface area contributed by atoms with Crippen LogP contribution >= 0.6 is 0 Å². The topological polar surface area (TPSA) is 25.2 Å². The highest BCUT2D eigenvalue weighted by Gasteiger charge is 2.25. The van der Waals surface area contributed by atoms with Crippen molar-refractivity contribution < 1.29 is 9.18 Å². The van der Waals surface area contributed by atoms with Gasteiger partial charge in [0.2, 0.25) is 7.85 Å². The van der Waals surface area contributed by atoms with Gasteiger partial charge in [0.05, 0.1) is 5.52 Å². The first kappa shape index (κ1) is 14.1. The van der Waals surface area contributed by atoms with Gasteiger partial charge in [-0.1, -0.05) is 18.2 Å². The Hall–Kier alpha value is -2.56. The lowest BCUT2D eigenvalue weighted by molar-refractivity contribution is 0.216. The number of para-hydroxylation sites is 1. The molecule has 0 N–H and O–H groups in total. The van der Waals surface area contributed by atoms with Crippen molar-refractivity contribution in [3.05, 3.63) is 65.6 Å². The van der Waals surface area contributed by atoms with Gasteiger partial charge in [-0.15, -0.1) is 0 Å². The van der Waals surface area contributed by atoms with Crippen LogP contribution in [0.4, 0.5) is 9.18 Å². The second-order valence-corrected chi connectivity index (χ2v) is 5.77. The maximum atomic E-state index is 13.8. The third kappa shape index (κ3) is 2.24. The Morgan fingerprint density at radius 2 is 1.91 bits per heavy atom. The zero-order valence-electron chi connectivity index (χ0n) is 12.5. The number of fused-ring (bicyclic) bond motifs is 3. The van der Waals surface area contributed by atoms with E-state index in [1.165, 1.54) is 12.1 Å². The van der Waals surface area contributed by atoms with Crippen LogP contribution in [0.3, 0.4) is 0 Å². The summed E-state index contributed by atoms with van der Waals surface area (Å²) < 4.78 is 15.9. The number of rotatable bonds is 1. The largest absolute Gasteiger partial charge is 0.348 e. The molecule has 3 aromatic rings. The Morgan fingerprint density at radius 3 is 2.65 bits per heavy atom. The van der Waals surface area contributed by atoms with E-state index >= 15 is 0 Å². The number of amides is 1. The number of halogens is 1. The molecular formula is C18H14BFN2O. The first-order valence-electron chi connectivity index (χ1n) is 7.56. The molecule has 23 heavy (non-hydrogen) atoms. The molecule has 0 fully saturated rings. The second kappa shape index (κ2) is 5.27. The summed E-state index contributed by atoms with van der Waals surface area (Å²) in [6.07, 6.45) is 0.698. The Labute approximate surface area is 134 Å². The first-order valence-corrected chi connectivity index (χ1v) is 7.56. The van der Waals surface area contributed by atoms with Crippen molar-refractivity contribution in [1.82, 2.24) is 9.47 Å². The van der Waals surface area contributed by atoms with Gasteiger partial charge < -0.3 is 9.47 Å². The monoisotopic (exact) mass is 304 g/mol. The number of hydrogen-bond donors (Lipinski definition) is 0. The highest BCUT2D eigenvalue weighted by atomic mass is 19.1. The van der Waals surface area contributed by atoms with Gasteiger partial charge in [0, 0.05) is 41.8 Å². The molecule has 0 spiro atoms. The van der Waals surface area contributed by atoms with E-state index in [1.54, 1.807) is 11.0 Å². The Morgan fingerprint density at radius 1 is 1.13 bits per heavy atom. The van der Waals surface area contributed by atoms with Gasteiger partial charge in [0.1, 0.15) is 5.82 Å². The molecule has 2 radical (unpaired) electrons. The molecule has 0 unspecified atom stereocenters. The minimum absolute atomic E-state index is 0.276. The minimum atomic E-state index is -0.437. The minimum Gasteiger partial charge on any atom is -0.348 e. The van der Waals surface area contributed by atoms with Crippen LogP contribution in [0, 0.1) is 5.82 Å². The van der Waals surface area contributed by atoms with Crippen molar-refractivity contribution >= 4 is 24.6 Å². The van der Waals surface area contributed by atoms with Gasteiger partial charge in [-0.25, -0.2) is 4.39 Å². The fraction of sp³-hybridized carbons (Fsp3) is 0.167. The van der Waals surface area contributed by atoms with Crippen molar-refractivity contribution in [2.24, 2.45) is 0 Å². The molecule has 2 heterocycles. The molecule has 1 aliphatic rings. The molecule has 0 atom stereocenters. The van der Waals surface area contributed by atoms with Crippen LogP contribution in [0.15, 0.2) is 48.5 Å². The smallest absolute Gasteiger partial charge is 0.200 e. The predicted octanol–water partition coefficient (Wildman–Crippen LogP) is 3.42. The van der Waals surface area contributed by atoms with E-state index in [0.29, 0.717) is 19.5 Å². The summed E-state index contributed by atoms with van der Waals surface area (Å²) in [5.41, 5.74) is 4.09. The van der Waals surface area contributed by atoms with Gasteiger partial charge >= 0.3 is 0 Å². The van der Waals surface area contributed by atoms with Gasteiger partial charge in [-0.05, 0) is 30.3 Å². The molecule has 0 aliphatic carbocycles. The zero-order chi connectivity index (χ0) is 16.0. The van der Waals surface area contributed by atoms with Crippen LogP contribution in [0.2, 0.25) is 0 Å². The lowest BCUT2D eigenvalue weighted by atomic mass is 10.0. The van der Waals surface area contributed by atoms with Crippen molar-refractivity contribution in [3.63, 3.8) is 0 Å². The third-order valence-electron chi connectivity index (χ3n) is 4.44. The molecule has 4 rings (SSSR count). The predicted molar refractivity (Wildman–Crippen MR) is 88.5 cm³/mol. The number of carbonyl (C=O) groups excluding carboxylic acids is 1. The zero-order valence-corrected chi connectivity index (χ0v) is 12.5. The number of aromatic nitrogens is 1. The van der Waals surface area contributed by atoms with Crippen LogP contribution in [0.1, 0.15) is 11.3 Å². The Kier molecular flexibility index (Phi) is 3.22. The lowest BCUT2D eigenvalue weighted by Crippen LogP contribution is -2.35. The summed E-state index contributed by atoms with van der Waals surface area (Å²) in [4.78, 5) is 13.1. The van der Waals surface area contributed by atoms with Crippen molar-refractivity contribution in [3.8, 4) is 5.69 Å². The number of hydrogen-bond acceptors (Lipinski definition) is 1. The number of carbonyl (C=O) groups is 1. The van der Waals surface area contributed by atoms with Gasteiger partial charge in [0.25, 0.3) is 0 Å². The van der Waals surface area contributed by atoms with Gasteiger partial charge in [0.15, 0.2) is 5.81 Å². The average molecular weight is 304 g/mol. The maximum absolute atomic E-state index is 13.8. The Balaban J connectivity index is 1.99. The molecule has 0 saturated carbocycles. The standard InChI is InChI=1S/C18H14BFN2O/c19-18(23)21-9-8-17-15(11-21)14-10-12(20)6-7-16(14)22(17)13-4-2-1-3-5-13/h1-7,10H,8-9,11H2. The number of nitrogens with zero attached hydrogens (tertiary/aromatic N) is 2. The molecule has 0 bridgehead atoms. The SMILES string of the molecule is [B]C(=O)N1CCc2c(c3cc(F)ccc3n2-c2ccccc2)C1. The molecule has 112 valence electrons. The summed E-state index contributed by atoms with van der Waals surface area (Å²) in [5.74, 6) is -0.714. The molecule has 5 heteroatoms. The van der Waals surface area contributed by atoms with Gasteiger partial charge in [-0.3, -0.25) is 4.79 Å². The quantitative estimate of drug-likeness (QED) is 0.632. The Bertz CT molecular complexity index is 904. The van der Waals surface area contributed by atoms with Crippen LogP contribution in [0.25, 0.3) is 16.6 Å². The van der Waals surface area contributed by atoms with Crippen LogP contribution < -0.4 is 0 Å². The third-order valence-corrected chi connectivity index (χ3v) is 4.44. The van der Waals surface area contributed by atoms with Crippen LogP contribution in [-0.4, -0.2) is 29.7 Å². The summed E-state index contributed by atoms with van der Waals surface area (Å²) in [7, 11) is 5.42. The van der Waals surface area contributed by atoms with E-state index in [4.69, 9.17) is 7.85 Å². The lowest BCUT2D eigenvalue weighted by Gasteiger charge is -2.27. The fourth-order valence-corrected chi connectivity index (χ4v) is 3.39. The average Bonchev–Trinajstić information content (AvgIpc) is 2.88. The van der Waals surface area contributed by atoms with E-state index in [1.807, 2.05) is 30.3 Å². The maximum Gasteiger partial charge on any atom is 0.200 e. The molecule has 3 nitrogen and oxygen atoms in total. The summed E-state index contributed by atoms with van der Waals surface area (Å²) >= 11 is 0. The second-order valence-electron chi connectivity index (χ2n) is 5.77. The fourth-order valence-electron chi connectivity index (χ4n) is 3.39. The molecule has 1 aliphatic heterocycles. The van der Waals surface area contributed by atoms with Crippen LogP contribution in [0.5, 0.6) is 0 Å². The summed E-state index contributed by atoms with van der Waals surface area (Å²) in [5, 5.41) is 0.842. The molecule has 0 saturated heterocycles.